The first-order valence-corrected chi connectivity index (χ1v) is 32.7. The van der Waals surface area contributed by atoms with Crippen LogP contribution in [-0.4, -0.2) is 144 Å². The quantitative estimate of drug-likeness (QED) is 0.109. The summed E-state index contributed by atoms with van der Waals surface area (Å²) in [5.41, 5.74) is 10.7. The first kappa shape index (κ1) is 70.7. The lowest BCUT2D eigenvalue weighted by Gasteiger charge is -2.41. The molecule has 0 radical (unpaired) electrons. The molecule has 18 heteroatoms. The minimum absolute atomic E-state index is 0.00662. The van der Waals surface area contributed by atoms with Gasteiger partial charge in [0.15, 0.2) is 0 Å². The van der Waals surface area contributed by atoms with E-state index in [2.05, 4.69) is 77.1 Å². The minimum atomic E-state index is -0.823. The van der Waals surface area contributed by atoms with E-state index in [0.29, 0.717) is 64.7 Å². The zero-order valence-electron chi connectivity index (χ0n) is 54.4. The van der Waals surface area contributed by atoms with Crippen LogP contribution in [0.2, 0.25) is 0 Å². The van der Waals surface area contributed by atoms with Crippen LogP contribution in [0.25, 0.3) is 12.2 Å². The normalized spacial score (nSPS) is 26.1. The number of carbonyl (C=O) groups is 8. The summed E-state index contributed by atoms with van der Waals surface area (Å²) in [6.07, 6.45) is 18.8. The number of allylic oxidation sites excluding steroid dienone is 2. The molecule has 484 valence electrons. The van der Waals surface area contributed by atoms with Crippen LogP contribution < -0.4 is 21.5 Å². The lowest BCUT2D eigenvalue weighted by molar-refractivity contribution is -0.148. The molecule has 0 spiro atoms. The number of benzene rings is 2. The molecule has 4 saturated heterocycles. The van der Waals surface area contributed by atoms with Gasteiger partial charge in [-0.15, -0.1) is 6.58 Å². The Morgan fingerprint density at radius 2 is 1.47 bits per heavy atom. The predicted molar refractivity (Wildman–Crippen MR) is 344 cm³/mol. The monoisotopic (exact) mass is 1220 g/mol. The van der Waals surface area contributed by atoms with Crippen molar-refractivity contribution in [3.05, 3.63) is 96.1 Å². The molecule has 4 fully saturated rings. The molecular formula is C70H104N8O10. The number of methoxy groups -OCH3 is 2. The third-order valence-corrected chi connectivity index (χ3v) is 18.8. The van der Waals surface area contributed by atoms with Crippen LogP contribution in [0, 0.1) is 35.5 Å². The lowest BCUT2D eigenvalue weighted by atomic mass is 9.84. The van der Waals surface area contributed by atoms with E-state index in [0.717, 1.165) is 73.6 Å². The average molecular weight is 1220 g/mol. The molecule has 4 N–H and O–H groups in total. The van der Waals surface area contributed by atoms with Crippen molar-refractivity contribution in [3.63, 3.8) is 0 Å². The maximum Gasteiger partial charge on any atom is 0.258 e. The number of hydrazine groups is 2. The number of rotatable bonds is 17. The second-order valence-electron chi connectivity index (χ2n) is 25.7. The van der Waals surface area contributed by atoms with Gasteiger partial charge in [0.05, 0.1) is 24.3 Å². The minimum Gasteiger partial charge on any atom is -0.381 e. The number of likely N-dealkylation sites (tertiary alicyclic amines) is 1. The van der Waals surface area contributed by atoms with Gasteiger partial charge in [0.25, 0.3) is 11.8 Å². The first-order valence-electron chi connectivity index (χ1n) is 32.7. The molecule has 5 aliphatic rings. The number of nitrogens with one attached hydrogen (secondary N) is 4. The van der Waals surface area contributed by atoms with Crippen LogP contribution in [0.15, 0.2) is 73.8 Å². The third kappa shape index (κ3) is 19.1. The maximum atomic E-state index is 13.9. The molecule has 12 atom stereocenters. The second kappa shape index (κ2) is 34.6. The number of Topliss-reactive ketones (excluding diaryl/α,β-unsaturated/α-hetero) is 2. The van der Waals surface area contributed by atoms with Crippen LogP contribution >= 0.6 is 0 Å². The number of ether oxygens (including phenoxy) is 2. The number of carbonyl (C=O) groups excluding carboxylic acids is 8. The summed E-state index contributed by atoms with van der Waals surface area (Å²) in [4.78, 5) is 112. The zero-order chi connectivity index (χ0) is 64.2. The number of fused-ring (bicyclic) bond motifs is 6. The molecule has 10 unspecified atom stereocenters. The number of nitrogens with zero attached hydrogens (tertiary/aromatic N) is 4. The van der Waals surface area contributed by atoms with Crippen molar-refractivity contribution in [3.8, 4) is 0 Å². The summed E-state index contributed by atoms with van der Waals surface area (Å²) in [5.74, 6) is -3.32. The Labute approximate surface area is 524 Å². The topological polar surface area (TPSA) is 216 Å². The Morgan fingerprint density at radius 3 is 2.15 bits per heavy atom. The fraction of sp³-hybridized carbons (Fsp3) is 0.629. The van der Waals surface area contributed by atoms with Crippen molar-refractivity contribution in [1.29, 1.82) is 0 Å². The van der Waals surface area contributed by atoms with E-state index in [-0.39, 0.29) is 108 Å². The molecule has 6 amide bonds. The first-order chi connectivity index (χ1) is 42.1. The van der Waals surface area contributed by atoms with Crippen LogP contribution in [0.1, 0.15) is 192 Å². The van der Waals surface area contributed by atoms with Crippen molar-refractivity contribution < 1.29 is 47.8 Å². The van der Waals surface area contributed by atoms with Gasteiger partial charge in [-0.2, -0.15) is 0 Å². The molecule has 0 aromatic heterocycles. The lowest BCUT2D eigenvalue weighted by Crippen LogP contribution is -2.61. The van der Waals surface area contributed by atoms with E-state index in [1.807, 2.05) is 75.6 Å². The SMILES string of the molecule is C=CCCC(OC)C(C)C(=O)CC(C(=O)NC(C)C(=O)N1CCCC(C(=O)N2CCCC[C@@H]2c2cccc(C=C)c2)N1)C(C)C.COC1CC/C=C/c2cccc(c2)[C@H]2CCCCN2C(=O)C2CCCN(N2)C(=O)C(C)NC(=O)C(C(C)C)CC(=O)C1C. The summed E-state index contributed by atoms with van der Waals surface area (Å²) >= 11 is 0. The second-order valence-corrected chi connectivity index (χ2v) is 25.7. The Bertz CT molecular complexity index is 2750. The van der Waals surface area contributed by atoms with Crippen molar-refractivity contribution in [1.82, 2.24) is 41.3 Å². The van der Waals surface area contributed by atoms with Gasteiger partial charge in [-0.05, 0) is 150 Å². The van der Waals surface area contributed by atoms with Gasteiger partial charge in [0, 0.05) is 76.9 Å². The smallest absolute Gasteiger partial charge is 0.258 e. The van der Waals surface area contributed by atoms with E-state index in [1.54, 1.807) is 34.1 Å². The molecule has 18 nitrogen and oxygen atoms in total. The summed E-state index contributed by atoms with van der Waals surface area (Å²) in [6, 6.07) is 13.9. The third-order valence-electron chi connectivity index (χ3n) is 18.8. The van der Waals surface area contributed by atoms with Crippen molar-refractivity contribution in [2.75, 3.05) is 40.4 Å². The van der Waals surface area contributed by atoms with E-state index in [4.69, 9.17) is 9.47 Å². The van der Waals surface area contributed by atoms with Gasteiger partial charge < -0.3 is 29.9 Å². The summed E-state index contributed by atoms with van der Waals surface area (Å²) in [7, 11) is 3.22. The highest BCUT2D eigenvalue weighted by Crippen LogP contribution is 2.35. The predicted octanol–water partition coefficient (Wildman–Crippen LogP) is 9.66. The Morgan fingerprint density at radius 1 is 0.773 bits per heavy atom. The molecule has 2 aromatic carbocycles. The Balaban J connectivity index is 0.000000281. The van der Waals surface area contributed by atoms with E-state index >= 15 is 0 Å². The highest BCUT2D eigenvalue weighted by molar-refractivity contribution is 5.93. The molecule has 7 rings (SSSR count). The highest BCUT2D eigenvalue weighted by Gasteiger charge is 2.40. The molecule has 0 saturated carbocycles. The number of piperidine rings is 2. The maximum absolute atomic E-state index is 13.9. The molecule has 4 bridgehead atoms. The van der Waals surface area contributed by atoms with Crippen LogP contribution in [0.4, 0.5) is 0 Å². The fourth-order valence-electron chi connectivity index (χ4n) is 13.1. The van der Waals surface area contributed by atoms with Gasteiger partial charge in [0.2, 0.25) is 23.6 Å². The number of amides is 6. The van der Waals surface area contributed by atoms with Gasteiger partial charge in [0.1, 0.15) is 35.7 Å². The summed E-state index contributed by atoms with van der Waals surface area (Å²) in [5, 5.41) is 8.70. The molecular weight excluding hydrogens is 1110 g/mol. The standard InChI is InChI=1S/C36H54N4O5.C34H50N4O5/c1-8-10-19-33(45-7)25(5)32(41)23-29(24(3)4)34(42)37-26(6)35(43)40-21-14-17-30(38-40)36(44)39-20-12-11-18-31(39)28-16-13-15-27(9-2)22-28;1-22(2)27-21-30(39)23(3)31(43-5)17-7-6-12-25-13-10-14-26(20-25)29-16-8-9-18-37(29)34(42)28-15-11-19-38(36-28)33(41)24(4)35-32(27)40/h8-9,13,15-16,22,24-26,29-31,33,38H,1-2,10-12,14,17-21,23H2,3-7H3,(H,37,42);6,10,12-14,20,22-24,27-29,31,36H,7-9,11,15-19,21H2,1-5H3,(H,35,40)/b;12-6+/t25?,26?,29?,30?,31-,33?;23?,24?,27?,28?,29-,31?/m11/s1. The van der Waals surface area contributed by atoms with Crippen LogP contribution in [0.3, 0.4) is 0 Å². The van der Waals surface area contributed by atoms with Gasteiger partial charge in [-0.3, -0.25) is 48.4 Å². The van der Waals surface area contributed by atoms with Crippen molar-refractivity contribution in [2.24, 2.45) is 35.5 Å². The molecule has 88 heavy (non-hydrogen) atoms. The van der Waals surface area contributed by atoms with Crippen LogP contribution in [-0.2, 0) is 47.8 Å². The molecule has 2 aromatic rings. The van der Waals surface area contributed by atoms with E-state index in [9.17, 15) is 38.4 Å². The summed E-state index contributed by atoms with van der Waals surface area (Å²) in [6.45, 7) is 24.6. The largest absolute Gasteiger partial charge is 0.381 e. The highest BCUT2D eigenvalue weighted by atomic mass is 16.5. The van der Waals surface area contributed by atoms with E-state index in [1.165, 1.54) is 10.0 Å². The van der Waals surface area contributed by atoms with Gasteiger partial charge in [-0.25, -0.2) is 10.9 Å². The zero-order valence-corrected chi connectivity index (χ0v) is 54.4. The number of ketones is 2. The summed E-state index contributed by atoms with van der Waals surface area (Å²) < 4.78 is 11.3. The van der Waals surface area contributed by atoms with Crippen LogP contribution in [0.5, 0.6) is 0 Å². The molecule has 5 aliphatic heterocycles. The van der Waals surface area contributed by atoms with Gasteiger partial charge >= 0.3 is 0 Å². The number of hydrogen-bond acceptors (Lipinski definition) is 12. The number of hydrogen-bond donors (Lipinski definition) is 4. The van der Waals surface area contributed by atoms with Crippen molar-refractivity contribution >= 4 is 59.2 Å². The van der Waals surface area contributed by atoms with Crippen molar-refractivity contribution in [2.45, 2.75) is 207 Å². The van der Waals surface area contributed by atoms with E-state index < -0.39 is 36.0 Å². The average Bonchev–Trinajstić information content (AvgIpc) is 3.20. The fourth-order valence-corrected chi connectivity index (χ4v) is 13.1. The Hall–Kier alpha value is -6.34. The van der Waals surface area contributed by atoms with Gasteiger partial charge in [-0.1, -0.05) is 109 Å². The molecule has 0 aliphatic carbocycles. The Kier molecular flexibility index (Phi) is 27.8. The molecule has 5 heterocycles.